The highest BCUT2D eigenvalue weighted by molar-refractivity contribution is 5.99. The first-order valence-corrected chi connectivity index (χ1v) is 6.06. The minimum atomic E-state index is -0.504. The lowest BCUT2D eigenvalue weighted by Crippen LogP contribution is -2.38. The second-order valence-corrected chi connectivity index (χ2v) is 4.62. The van der Waals surface area contributed by atoms with Gasteiger partial charge in [-0.2, -0.15) is 0 Å². The van der Waals surface area contributed by atoms with Gasteiger partial charge in [0, 0.05) is 18.6 Å². The van der Waals surface area contributed by atoms with Gasteiger partial charge in [0.15, 0.2) is 0 Å². The number of hydrogen-bond acceptors (Lipinski definition) is 4. The molecule has 5 heteroatoms. The average Bonchev–Trinajstić information content (AvgIpc) is 2.76. The molecular formula is C13H17NO4. The summed E-state index contributed by atoms with van der Waals surface area (Å²) in [4.78, 5) is 12.0. The molecule has 2 atom stereocenters. The number of aromatic hydroxyl groups is 2. The van der Waals surface area contributed by atoms with Crippen molar-refractivity contribution in [1.82, 2.24) is 5.32 Å². The summed E-state index contributed by atoms with van der Waals surface area (Å²) in [5, 5.41) is 31.1. The predicted molar refractivity (Wildman–Crippen MR) is 65.5 cm³/mol. The molecule has 1 aromatic rings. The monoisotopic (exact) mass is 251 g/mol. The standard InChI is InChI=1S/C13H17NO4/c15-7-8-3-1-4-9(8)14-13(18)12-10(16)5-2-6-11(12)17/h2,5-6,8-9,15-17H,1,3-4,7H2,(H,14,18). The molecule has 1 aliphatic rings. The molecular weight excluding hydrogens is 234 g/mol. The van der Waals surface area contributed by atoms with E-state index in [9.17, 15) is 20.1 Å². The van der Waals surface area contributed by atoms with Crippen LogP contribution >= 0.6 is 0 Å². The van der Waals surface area contributed by atoms with E-state index in [1.54, 1.807) is 0 Å². The van der Waals surface area contributed by atoms with Gasteiger partial charge in [-0.15, -0.1) is 0 Å². The van der Waals surface area contributed by atoms with Crippen LogP contribution in [-0.2, 0) is 0 Å². The summed E-state index contributed by atoms with van der Waals surface area (Å²) in [6, 6.07) is 4.08. The van der Waals surface area contributed by atoms with Crippen LogP contribution in [0.25, 0.3) is 0 Å². The van der Waals surface area contributed by atoms with Crippen LogP contribution in [0.2, 0.25) is 0 Å². The molecule has 1 fully saturated rings. The van der Waals surface area contributed by atoms with Crippen molar-refractivity contribution >= 4 is 5.91 Å². The Balaban J connectivity index is 2.12. The summed E-state index contributed by atoms with van der Waals surface area (Å²) < 4.78 is 0. The Morgan fingerprint density at radius 2 is 1.94 bits per heavy atom. The molecule has 0 heterocycles. The number of aliphatic hydroxyl groups is 1. The van der Waals surface area contributed by atoms with E-state index in [-0.39, 0.29) is 35.6 Å². The number of phenolic OH excluding ortho intramolecular Hbond substituents is 2. The highest BCUT2D eigenvalue weighted by Crippen LogP contribution is 2.29. The molecule has 0 bridgehead atoms. The molecule has 1 aliphatic carbocycles. The van der Waals surface area contributed by atoms with E-state index in [1.807, 2.05) is 0 Å². The first kappa shape index (κ1) is 12.7. The van der Waals surface area contributed by atoms with Crippen molar-refractivity contribution in [2.24, 2.45) is 5.92 Å². The van der Waals surface area contributed by atoms with Crippen LogP contribution in [-0.4, -0.2) is 33.9 Å². The van der Waals surface area contributed by atoms with Crippen molar-refractivity contribution < 1.29 is 20.1 Å². The Morgan fingerprint density at radius 1 is 1.28 bits per heavy atom. The van der Waals surface area contributed by atoms with Crippen LogP contribution in [0.1, 0.15) is 29.6 Å². The first-order chi connectivity index (χ1) is 8.63. The second-order valence-electron chi connectivity index (χ2n) is 4.62. The van der Waals surface area contributed by atoms with Gasteiger partial charge in [0.1, 0.15) is 17.1 Å². The number of rotatable bonds is 3. The molecule has 2 rings (SSSR count). The van der Waals surface area contributed by atoms with Gasteiger partial charge in [0.2, 0.25) is 0 Å². The van der Waals surface area contributed by atoms with E-state index < -0.39 is 5.91 Å². The SMILES string of the molecule is O=C(NC1CCCC1CO)c1c(O)cccc1O. The van der Waals surface area contributed by atoms with E-state index in [2.05, 4.69) is 5.32 Å². The van der Waals surface area contributed by atoms with Crippen LogP contribution < -0.4 is 5.32 Å². The van der Waals surface area contributed by atoms with Gasteiger partial charge in [0.05, 0.1) is 0 Å². The Morgan fingerprint density at radius 3 is 2.56 bits per heavy atom. The zero-order valence-corrected chi connectivity index (χ0v) is 9.97. The summed E-state index contributed by atoms with van der Waals surface area (Å²) in [6.07, 6.45) is 2.66. The molecule has 1 saturated carbocycles. The minimum absolute atomic E-state index is 0.0394. The Labute approximate surface area is 105 Å². The van der Waals surface area contributed by atoms with Crippen LogP contribution in [0.15, 0.2) is 18.2 Å². The highest BCUT2D eigenvalue weighted by atomic mass is 16.3. The maximum atomic E-state index is 12.0. The third-order valence-corrected chi connectivity index (χ3v) is 3.46. The molecule has 4 N–H and O–H groups in total. The number of aliphatic hydroxyl groups excluding tert-OH is 1. The third kappa shape index (κ3) is 2.41. The number of phenols is 2. The van der Waals surface area contributed by atoms with E-state index >= 15 is 0 Å². The minimum Gasteiger partial charge on any atom is -0.507 e. The summed E-state index contributed by atoms with van der Waals surface area (Å²) in [6.45, 7) is 0.0394. The maximum Gasteiger partial charge on any atom is 0.259 e. The van der Waals surface area contributed by atoms with Crippen LogP contribution in [0.4, 0.5) is 0 Å². The van der Waals surface area contributed by atoms with Gasteiger partial charge >= 0.3 is 0 Å². The first-order valence-electron chi connectivity index (χ1n) is 6.06. The van der Waals surface area contributed by atoms with Crippen molar-refractivity contribution in [1.29, 1.82) is 0 Å². The average molecular weight is 251 g/mol. The molecule has 18 heavy (non-hydrogen) atoms. The molecule has 1 aromatic carbocycles. The maximum absolute atomic E-state index is 12.0. The topological polar surface area (TPSA) is 89.8 Å². The Kier molecular flexibility index (Phi) is 3.72. The summed E-state index contributed by atoms with van der Waals surface area (Å²) in [7, 11) is 0. The molecule has 0 aliphatic heterocycles. The zero-order valence-electron chi connectivity index (χ0n) is 9.97. The number of hydrogen-bond donors (Lipinski definition) is 4. The smallest absolute Gasteiger partial charge is 0.259 e. The number of benzene rings is 1. The van der Waals surface area contributed by atoms with Gasteiger partial charge < -0.3 is 20.6 Å². The van der Waals surface area contributed by atoms with Crippen LogP contribution in [0.5, 0.6) is 11.5 Å². The molecule has 98 valence electrons. The summed E-state index contributed by atoms with van der Waals surface area (Å²) in [5.41, 5.74) is -0.110. The summed E-state index contributed by atoms with van der Waals surface area (Å²) >= 11 is 0. The fourth-order valence-corrected chi connectivity index (χ4v) is 2.45. The Hall–Kier alpha value is -1.75. The number of amides is 1. The van der Waals surface area contributed by atoms with Gasteiger partial charge in [-0.05, 0) is 25.0 Å². The number of carbonyl (C=O) groups is 1. The molecule has 5 nitrogen and oxygen atoms in total. The Bertz CT molecular complexity index is 426. The van der Waals surface area contributed by atoms with E-state index in [1.165, 1.54) is 18.2 Å². The quantitative estimate of drug-likeness (QED) is 0.645. The van der Waals surface area contributed by atoms with Crippen molar-refractivity contribution in [2.75, 3.05) is 6.61 Å². The molecule has 0 spiro atoms. The van der Waals surface area contributed by atoms with E-state index in [0.29, 0.717) is 0 Å². The lowest BCUT2D eigenvalue weighted by molar-refractivity contribution is 0.0910. The molecule has 0 saturated heterocycles. The third-order valence-electron chi connectivity index (χ3n) is 3.46. The van der Waals surface area contributed by atoms with Crippen LogP contribution in [0, 0.1) is 5.92 Å². The number of carbonyl (C=O) groups excluding carboxylic acids is 1. The molecule has 0 aromatic heterocycles. The van der Waals surface area contributed by atoms with Crippen molar-refractivity contribution in [3.05, 3.63) is 23.8 Å². The van der Waals surface area contributed by atoms with Gasteiger partial charge in [-0.1, -0.05) is 12.5 Å². The fraction of sp³-hybridized carbons (Fsp3) is 0.462. The molecule has 2 unspecified atom stereocenters. The van der Waals surface area contributed by atoms with Gasteiger partial charge in [-0.3, -0.25) is 4.79 Å². The van der Waals surface area contributed by atoms with Crippen LogP contribution in [0.3, 0.4) is 0 Å². The highest BCUT2D eigenvalue weighted by Gasteiger charge is 2.29. The predicted octanol–water partition coefficient (Wildman–Crippen LogP) is 0.989. The van der Waals surface area contributed by atoms with Gasteiger partial charge in [0.25, 0.3) is 5.91 Å². The van der Waals surface area contributed by atoms with Crippen molar-refractivity contribution in [3.8, 4) is 11.5 Å². The fourth-order valence-electron chi connectivity index (χ4n) is 2.45. The summed E-state index contributed by atoms with van der Waals surface area (Å²) in [5.74, 6) is -0.935. The van der Waals surface area contributed by atoms with Crippen molar-refractivity contribution in [2.45, 2.75) is 25.3 Å². The number of nitrogens with one attached hydrogen (secondary N) is 1. The lowest BCUT2D eigenvalue weighted by Gasteiger charge is -2.19. The van der Waals surface area contributed by atoms with E-state index in [0.717, 1.165) is 19.3 Å². The molecule has 1 amide bonds. The normalized spacial score (nSPS) is 22.9. The molecule has 0 radical (unpaired) electrons. The van der Waals surface area contributed by atoms with Gasteiger partial charge in [-0.25, -0.2) is 0 Å². The van der Waals surface area contributed by atoms with Crippen molar-refractivity contribution in [3.63, 3.8) is 0 Å². The van der Waals surface area contributed by atoms with E-state index in [4.69, 9.17) is 0 Å². The largest absolute Gasteiger partial charge is 0.507 e. The lowest BCUT2D eigenvalue weighted by atomic mass is 10.0. The zero-order chi connectivity index (χ0) is 13.1. The second kappa shape index (κ2) is 5.27.